The molecular weight excluding hydrogens is 270 g/mol. The number of para-hydroxylation sites is 1. The highest BCUT2D eigenvalue weighted by atomic mass is 32.1. The number of benzene rings is 1. The molecule has 0 atom stereocenters. The van der Waals surface area contributed by atoms with E-state index in [1.165, 1.54) is 0 Å². The molecule has 5 nitrogen and oxygen atoms in total. The molecule has 0 radical (unpaired) electrons. The van der Waals surface area contributed by atoms with Crippen LogP contribution in [0.4, 0.5) is 0 Å². The van der Waals surface area contributed by atoms with Gasteiger partial charge in [0.2, 0.25) is 4.96 Å². The van der Waals surface area contributed by atoms with E-state index in [0.29, 0.717) is 0 Å². The van der Waals surface area contributed by atoms with E-state index in [2.05, 4.69) is 32.4 Å². The van der Waals surface area contributed by atoms with E-state index in [1.54, 1.807) is 15.9 Å². The second kappa shape index (κ2) is 4.08. The zero-order valence-electron chi connectivity index (χ0n) is 11.0. The molecule has 6 heteroatoms. The number of aryl methyl sites for hydroxylation is 2. The predicted molar refractivity (Wildman–Crippen MR) is 78.9 cm³/mol. The van der Waals surface area contributed by atoms with E-state index in [0.717, 1.165) is 38.0 Å². The van der Waals surface area contributed by atoms with Crippen molar-refractivity contribution in [3.63, 3.8) is 0 Å². The van der Waals surface area contributed by atoms with Gasteiger partial charge in [0.1, 0.15) is 5.01 Å². The highest BCUT2D eigenvalue weighted by Gasteiger charge is 2.13. The number of pyridine rings is 1. The van der Waals surface area contributed by atoms with Gasteiger partial charge in [-0.3, -0.25) is 4.98 Å². The van der Waals surface area contributed by atoms with Gasteiger partial charge in [0.15, 0.2) is 5.82 Å². The Labute approximate surface area is 118 Å². The van der Waals surface area contributed by atoms with Crippen LogP contribution in [-0.4, -0.2) is 24.8 Å². The summed E-state index contributed by atoms with van der Waals surface area (Å²) in [6.07, 6.45) is 0. The van der Waals surface area contributed by atoms with Gasteiger partial charge < -0.3 is 0 Å². The molecule has 98 valence electrons. The van der Waals surface area contributed by atoms with Crippen molar-refractivity contribution >= 4 is 27.2 Å². The first-order valence-electron chi connectivity index (χ1n) is 6.28. The Morgan fingerprint density at radius 3 is 2.80 bits per heavy atom. The Hall–Kier alpha value is -2.34. The summed E-state index contributed by atoms with van der Waals surface area (Å²) < 4.78 is 1.78. The van der Waals surface area contributed by atoms with Crippen LogP contribution in [0.3, 0.4) is 0 Å². The summed E-state index contributed by atoms with van der Waals surface area (Å²) in [6.45, 7) is 3.90. The molecule has 0 aliphatic carbocycles. The topological polar surface area (TPSA) is 56.0 Å². The lowest BCUT2D eigenvalue weighted by Gasteiger charge is -2.04. The first-order valence-corrected chi connectivity index (χ1v) is 7.09. The quantitative estimate of drug-likeness (QED) is 0.538. The van der Waals surface area contributed by atoms with Crippen molar-refractivity contribution in [1.82, 2.24) is 24.8 Å². The van der Waals surface area contributed by atoms with Crippen LogP contribution >= 0.6 is 11.3 Å². The maximum absolute atomic E-state index is 4.62. The van der Waals surface area contributed by atoms with Crippen molar-refractivity contribution in [3.05, 3.63) is 41.9 Å². The Morgan fingerprint density at radius 1 is 1.10 bits per heavy atom. The van der Waals surface area contributed by atoms with Gasteiger partial charge in [-0.15, -0.1) is 10.2 Å². The first-order chi connectivity index (χ1) is 9.72. The van der Waals surface area contributed by atoms with Gasteiger partial charge in [0, 0.05) is 16.6 Å². The van der Waals surface area contributed by atoms with E-state index in [4.69, 9.17) is 0 Å². The van der Waals surface area contributed by atoms with Crippen LogP contribution < -0.4 is 0 Å². The van der Waals surface area contributed by atoms with Gasteiger partial charge in [-0.25, -0.2) is 0 Å². The molecule has 0 N–H and O–H groups in total. The Bertz CT molecular complexity index is 937. The van der Waals surface area contributed by atoms with Crippen molar-refractivity contribution < 1.29 is 0 Å². The molecule has 1 aromatic carbocycles. The molecule has 3 heterocycles. The lowest BCUT2D eigenvalue weighted by molar-refractivity contribution is 0.898. The van der Waals surface area contributed by atoms with Gasteiger partial charge in [-0.2, -0.15) is 9.61 Å². The largest absolute Gasteiger partial charge is 0.253 e. The van der Waals surface area contributed by atoms with Gasteiger partial charge in [-0.1, -0.05) is 29.5 Å². The molecule has 0 amide bonds. The molecule has 0 aliphatic heterocycles. The van der Waals surface area contributed by atoms with Crippen LogP contribution in [0, 0.1) is 13.8 Å². The Kier molecular flexibility index (Phi) is 2.34. The molecule has 3 aromatic heterocycles. The summed E-state index contributed by atoms with van der Waals surface area (Å²) in [4.78, 5) is 5.38. The number of nitrogens with zero attached hydrogens (tertiary/aromatic N) is 5. The summed E-state index contributed by atoms with van der Waals surface area (Å²) in [5, 5.41) is 14.8. The Morgan fingerprint density at radius 2 is 1.95 bits per heavy atom. The minimum atomic E-state index is 0.803. The van der Waals surface area contributed by atoms with Gasteiger partial charge in [-0.05, 0) is 26.0 Å². The van der Waals surface area contributed by atoms with E-state index < -0.39 is 0 Å². The van der Waals surface area contributed by atoms with Gasteiger partial charge >= 0.3 is 0 Å². The molecule has 4 rings (SSSR count). The minimum absolute atomic E-state index is 0.803. The van der Waals surface area contributed by atoms with Crippen LogP contribution in [0.2, 0.25) is 0 Å². The smallest absolute Gasteiger partial charge is 0.234 e. The molecule has 0 saturated carbocycles. The number of rotatable bonds is 1. The molecule has 4 aromatic rings. The third-order valence-electron chi connectivity index (χ3n) is 3.22. The SMILES string of the molecule is Cc1cc(-c2nn3c(C)nnc3s2)c2ccccc2n1. The molecule has 0 fully saturated rings. The predicted octanol–water partition coefficient (Wildman–Crippen LogP) is 3.02. The molecule has 0 bridgehead atoms. The maximum atomic E-state index is 4.62. The van der Waals surface area contributed by atoms with E-state index >= 15 is 0 Å². The standard InChI is InChI=1S/C14H11N5S/c1-8-7-11(10-5-3-4-6-12(10)15-8)13-18-19-9(2)16-17-14(19)20-13/h3-7H,1-2H3. The van der Waals surface area contributed by atoms with E-state index in [1.807, 2.05) is 32.0 Å². The highest BCUT2D eigenvalue weighted by Crippen LogP contribution is 2.31. The monoisotopic (exact) mass is 281 g/mol. The highest BCUT2D eigenvalue weighted by molar-refractivity contribution is 7.19. The number of hydrogen-bond donors (Lipinski definition) is 0. The van der Waals surface area contributed by atoms with Crippen LogP contribution in [0.25, 0.3) is 26.4 Å². The van der Waals surface area contributed by atoms with Crippen molar-refractivity contribution in [3.8, 4) is 10.6 Å². The fourth-order valence-corrected chi connectivity index (χ4v) is 3.22. The molecular formula is C14H11N5S. The fraction of sp³-hybridized carbons (Fsp3) is 0.143. The number of fused-ring (bicyclic) bond motifs is 2. The zero-order chi connectivity index (χ0) is 13.7. The average molecular weight is 281 g/mol. The summed E-state index contributed by atoms with van der Waals surface area (Å²) >= 11 is 1.55. The second-order valence-electron chi connectivity index (χ2n) is 4.68. The van der Waals surface area contributed by atoms with Crippen molar-refractivity contribution in [1.29, 1.82) is 0 Å². The normalized spacial score (nSPS) is 11.5. The third kappa shape index (κ3) is 1.61. The van der Waals surface area contributed by atoms with Gasteiger partial charge in [0.25, 0.3) is 0 Å². The van der Waals surface area contributed by atoms with Crippen molar-refractivity contribution in [2.75, 3.05) is 0 Å². The number of aromatic nitrogens is 5. The van der Waals surface area contributed by atoms with Crippen LogP contribution in [-0.2, 0) is 0 Å². The molecule has 0 unspecified atom stereocenters. The van der Waals surface area contributed by atoms with Crippen LogP contribution in [0.1, 0.15) is 11.5 Å². The second-order valence-corrected chi connectivity index (χ2v) is 5.63. The third-order valence-corrected chi connectivity index (χ3v) is 4.15. The summed E-state index contributed by atoms with van der Waals surface area (Å²) in [6, 6.07) is 10.2. The van der Waals surface area contributed by atoms with Gasteiger partial charge in [0.05, 0.1) is 5.52 Å². The van der Waals surface area contributed by atoms with E-state index in [9.17, 15) is 0 Å². The lowest BCUT2D eigenvalue weighted by atomic mass is 10.1. The molecule has 0 aliphatic rings. The summed E-state index contributed by atoms with van der Waals surface area (Å²) in [5.74, 6) is 0.803. The number of hydrogen-bond acceptors (Lipinski definition) is 5. The fourth-order valence-electron chi connectivity index (χ4n) is 2.31. The van der Waals surface area contributed by atoms with Crippen LogP contribution in [0.5, 0.6) is 0 Å². The van der Waals surface area contributed by atoms with Crippen molar-refractivity contribution in [2.45, 2.75) is 13.8 Å². The molecule has 20 heavy (non-hydrogen) atoms. The summed E-state index contributed by atoms with van der Waals surface area (Å²) in [7, 11) is 0. The van der Waals surface area contributed by atoms with Crippen LogP contribution in [0.15, 0.2) is 30.3 Å². The average Bonchev–Trinajstić information content (AvgIpc) is 3.00. The zero-order valence-corrected chi connectivity index (χ0v) is 11.8. The molecule has 0 saturated heterocycles. The minimum Gasteiger partial charge on any atom is -0.253 e. The Balaban J connectivity index is 2.05. The lowest BCUT2D eigenvalue weighted by Crippen LogP contribution is -1.91. The first kappa shape index (κ1) is 11.5. The summed E-state index contributed by atoms with van der Waals surface area (Å²) in [5.41, 5.74) is 3.08. The maximum Gasteiger partial charge on any atom is 0.234 e. The van der Waals surface area contributed by atoms with E-state index in [-0.39, 0.29) is 0 Å². The van der Waals surface area contributed by atoms with Crippen molar-refractivity contribution in [2.24, 2.45) is 0 Å². The molecule has 0 spiro atoms.